The number of piperidine rings is 1. The number of likely N-dealkylation sites (tertiary alicyclic amines) is 1. The fraction of sp³-hybridized carbons (Fsp3) is 0.619. The van der Waals surface area contributed by atoms with Crippen LogP contribution in [-0.2, 0) is 19.1 Å². The second-order valence-electron chi connectivity index (χ2n) is 8.61. The van der Waals surface area contributed by atoms with E-state index in [1.54, 1.807) is 17.0 Å². The number of aliphatic carboxylic acids is 1. The highest BCUT2D eigenvalue weighted by molar-refractivity contribution is 5.78. The number of carbonyl (C=O) groups is 2. The molecule has 8 nitrogen and oxygen atoms in total. The number of carboxylic acid groups (broad SMARTS) is 1. The van der Waals surface area contributed by atoms with Crippen LogP contribution in [0, 0.1) is 11.8 Å². The predicted octanol–water partition coefficient (Wildman–Crippen LogP) is 1.96. The number of benzene rings is 1. The molecule has 0 bridgehead atoms. The number of carbonyl (C=O) groups excluding carboxylic acids is 1. The Bertz CT molecular complexity index is 808. The van der Waals surface area contributed by atoms with Gasteiger partial charge in [-0.25, -0.2) is 4.79 Å². The Hall–Kier alpha value is -2.32. The smallest absolute Gasteiger partial charge is 0.329 e. The molecule has 4 rings (SSSR count). The van der Waals surface area contributed by atoms with E-state index in [0.717, 1.165) is 12.0 Å². The molecule has 8 heteroatoms. The van der Waals surface area contributed by atoms with E-state index in [1.807, 2.05) is 19.9 Å². The van der Waals surface area contributed by atoms with Crippen molar-refractivity contribution in [2.45, 2.75) is 44.5 Å². The Balaban J connectivity index is 1.47. The van der Waals surface area contributed by atoms with Crippen LogP contribution in [0.2, 0.25) is 0 Å². The first-order chi connectivity index (χ1) is 13.8. The maximum atomic E-state index is 12.4. The quantitative estimate of drug-likeness (QED) is 0.789. The van der Waals surface area contributed by atoms with Crippen molar-refractivity contribution in [3.63, 3.8) is 0 Å². The molecule has 4 atom stereocenters. The van der Waals surface area contributed by atoms with Crippen LogP contribution in [0.25, 0.3) is 0 Å². The molecule has 0 radical (unpaired) electrons. The van der Waals surface area contributed by atoms with Crippen molar-refractivity contribution in [1.82, 2.24) is 4.90 Å². The van der Waals surface area contributed by atoms with E-state index in [9.17, 15) is 14.7 Å². The number of fused-ring (bicyclic) bond motifs is 4. The number of carboxylic acids is 1. The largest absolute Gasteiger partial charge is 0.504 e. The van der Waals surface area contributed by atoms with Crippen molar-refractivity contribution in [2.75, 3.05) is 26.3 Å². The highest BCUT2D eigenvalue weighted by Crippen LogP contribution is 2.54. The van der Waals surface area contributed by atoms with E-state index in [0.29, 0.717) is 25.3 Å². The predicted molar refractivity (Wildman–Crippen MR) is 102 cm³/mol. The molecule has 1 amide bonds. The summed E-state index contributed by atoms with van der Waals surface area (Å²) in [5.74, 6) is -0.385. The van der Waals surface area contributed by atoms with Crippen molar-refractivity contribution in [1.29, 1.82) is 0 Å². The van der Waals surface area contributed by atoms with Crippen molar-refractivity contribution in [3.05, 3.63) is 23.8 Å². The number of para-hydroxylation sites is 1. The van der Waals surface area contributed by atoms with Crippen LogP contribution in [0.15, 0.2) is 18.2 Å². The Morgan fingerprint density at radius 2 is 2.10 bits per heavy atom. The minimum Gasteiger partial charge on any atom is -0.504 e. The van der Waals surface area contributed by atoms with Crippen LogP contribution < -0.4 is 4.74 Å². The lowest BCUT2D eigenvalue weighted by atomic mass is 9.70. The molecule has 158 valence electrons. The third-order valence-electron chi connectivity index (χ3n) is 6.30. The molecule has 0 spiro atoms. The normalized spacial score (nSPS) is 29.8. The number of phenols is 1. The lowest BCUT2D eigenvalue weighted by molar-refractivity contribution is -0.189. The second-order valence-corrected chi connectivity index (χ2v) is 8.61. The molecule has 3 aliphatic heterocycles. The van der Waals surface area contributed by atoms with Crippen molar-refractivity contribution < 1.29 is 34.0 Å². The molecule has 0 aliphatic carbocycles. The van der Waals surface area contributed by atoms with Crippen LogP contribution in [0.5, 0.6) is 11.5 Å². The third kappa shape index (κ3) is 3.79. The lowest BCUT2D eigenvalue weighted by Crippen LogP contribution is -2.56. The van der Waals surface area contributed by atoms with Gasteiger partial charge in [-0.1, -0.05) is 12.1 Å². The number of ether oxygens (including phenoxy) is 3. The van der Waals surface area contributed by atoms with Gasteiger partial charge in [-0.05, 0) is 32.8 Å². The summed E-state index contributed by atoms with van der Waals surface area (Å²) < 4.78 is 17.6. The SMILES string of the molecule is CC1(C)Oc2c(O)cccc2[C@H]2O[C@H]3CCN(C(=O)COCC(=O)O)C[C@H]3C[C@@H]21. The fourth-order valence-electron chi connectivity index (χ4n) is 4.85. The minimum atomic E-state index is -1.09. The Morgan fingerprint density at radius 1 is 1.31 bits per heavy atom. The second kappa shape index (κ2) is 7.50. The molecule has 29 heavy (non-hydrogen) atoms. The Kier molecular flexibility index (Phi) is 5.16. The monoisotopic (exact) mass is 405 g/mol. The molecule has 0 saturated carbocycles. The summed E-state index contributed by atoms with van der Waals surface area (Å²) in [5.41, 5.74) is 0.367. The molecule has 0 unspecified atom stereocenters. The summed E-state index contributed by atoms with van der Waals surface area (Å²) >= 11 is 0. The standard InChI is InChI=1S/C21H27NO7/c1-21(2)14-8-12-9-22(17(24)10-27-11-18(25)26)7-6-16(12)28-19(14)13-4-3-5-15(23)20(13)29-21/h3-5,12,14,16,19,23H,6-11H2,1-2H3,(H,25,26)/t12-,14+,16+,19-/m1/s1. The van der Waals surface area contributed by atoms with Gasteiger partial charge in [-0.15, -0.1) is 0 Å². The number of phenolic OH excluding ortho intramolecular Hbond substituents is 1. The summed E-state index contributed by atoms with van der Waals surface area (Å²) in [4.78, 5) is 24.7. The molecule has 0 aromatic heterocycles. The van der Waals surface area contributed by atoms with Crippen molar-refractivity contribution in [2.24, 2.45) is 11.8 Å². The molecule has 2 saturated heterocycles. The first-order valence-corrected chi connectivity index (χ1v) is 10.00. The Morgan fingerprint density at radius 3 is 2.86 bits per heavy atom. The summed E-state index contributed by atoms with van der Waals surface area (Å²) in [6.07, 6.45) is 1.44. The molecular weight excluding hydrogens is 378 g/mol. The van der Waals surface area contributed by atoms with E-state index in [2.05, 4.69) is 0 Å². The van der Waals surface area contributed by atoms with Crippen LogP contribution in [-0.4, -0.2) is 65.0 Å². The van der Waals surface area contributed by atoms with Crippen molar-refractivity contribution in [3.8, 4) is 11.5 Å². The van der Waals surface area contributed by atoms with E-state index in [1.165, 1.54) is 0 Å². The molecule has 3 heterocycles. The molecule has 1 aromatic carbocycles. The average molecular weight is 405 g/mol. The number of hydrogen-bond acceptors (Lipinski definition) is 6. The van der Waals surface area contributed by atoms with E-state index in [4.69, 9.17) is 19.3 Å². The maximum Gasteiger partial charge on any atom is 0.329 e. The zero-order valence-corrected chi connectivity index (χ0v) is 16.7. The number of rotatable bonds is 4. The van der Waals surface area contributed by atoms with Gasteiger partial charge in [-0.2, -0.15) is 0 Å². The Labute approximate surface area is 169 Å². The first-order valence-electron chi connectivity index (χ1n) is 10.00. The third-order valence-corrected chi connectivity index (χ3v) is 6.30. The molecule has 3 aliphatic rings. The topological polar surface area (TPSA) is 106 Å². The molecule has 2 fully saturated rings. The van der Waals surface area contributed by atoms with Crippen LogP contribution in [0.3, 0.4) is 0 Å². The van der Waals surface area contributed by atoms with Gasteiger partial charge in [-0.3, -0.25) is 4.79 Å². The summed E-state index contributed by atoms with van der Waals surface area (Å²) in [6.45, 7) is 4.44. The van der Waals surface area contributed by atoms with E-state index in [-0.39, 0.29) is 42.3 Å². The molecule has 2 N–H and O–H groups in total. The van der Waals surface area contributed by atoms with Crippen LogP contribution >= 0.6 is 0 Å². The van der Waals surface area contributed by atoms with Crippen LogP contribution in [0.4, 0.5) is 0 Å². The first kappa shape index (κ1) is 20.0. The fourth-order valence-corrected chi connectivity index (χ4v) is 4.85. The number of hydrogen-bond donors (Lipinski definition) is 2. The summed E-state index contributed by atoms with van der Waals surface area (Å²) in [7, 11) is 0. The lowest BCUT2D eigenvalue weighted by Gasteiger charge is -2.53. The van der Waals surface area contributed by atoms with Gasteiger partial charge in [0.15, 0.2) is 11.5 Å². The van der Waals surface area contributed by atoms with Gasteiger partial charge in [0.05, 0.1) is 12.2 Å². The highest BCUT2D eigenvalue weighted by atomic mass is 16.5. The zero-order chi connectivity index (χ0) is 20.8. The van der Waals surface area contributed by atoms with Crippen LogP contribution in [0.1, 0.15) is 38.4 Å². The number of nitrogens with zero attached hydrogens (tertiary/aromatic N) is 1. The molecular formula is C21H27NO7. The van der Waals surface area contributed by atoms with Gasteiger partial charge in [0.2, 0.25) is 5.91 Å². The minimum absolute atomic E-state index is 0.0318. The van der Waals surface area contributed by atoms with E-state index >= 15 is 0 Å². The average Bonchev–Trinajstić information content (AvgIpc) is 2.67. The highest BCUT2D eigenvalue weighted by Gasteiger charge is 2.52. The van der Waals surface area contributed by atoms with Gasteiger partial charge in [0.25, 0.3) is 0 Å². The van der Waals surface area contributed by atoms with Gasteiger partial charge in [0, 0.05) is 30.5 Å². The molecule has 1 aromatic rings. The van der Waals surface area contributed by atoms with Crippen molar-refractivity contribution >= 4 is 11.9 Å². The number of aromatic hydroxyl groups is 1. The van der Waals surface area contributed by atoms with Gasteiger partial charge >= 0.3 is 5.97 Å². The summed E-state index contributed by atoms with van der Waals surface area (Å²) in [5, 5.41) is 18.9. The summed E-state index contributed by atoms with van der Waals surface area (Å²) in [6, 6.07) is 5.37. The van der Waals surface area contributed by atoms with Gasteiger partial charge < -0.3 is 29.3 Å². The number of amides is 1. The maximum absolute atomic E-state index is 12.4. The van der Waals surface area contributed by atoms with Gasteiger partial charge in [0.1, 0.15) is 18.8 Å². The zero-order valence-electron chi connectivity index (χ0n) is 16.7. The van der Waals surface area contributed by atoms with E-state index < -0.39 is 18.2 Å².